The van der Waals surface area contributed by atoms with Crippen LogP contribution in [0.5, 0.6) is 0 Å². The summed E-state index contributed by atoms with van der Waals surface area (Å²) < 4.78 is 12.3. The van der Waals surface area contributed by atoms with E-state index < -0.39 is 10.8 Å². The molecule has 0 amide bonds. The maximum atomic E-state index is 12.3. The van der Waals surface area contributed by atoms with Gasteiger partial charge in [-0.05, 0) is 36.9 Å². The highest BCUT2D eigenvalue weighted by Gasteiger charge is 2.30. The predicted molar refractivity (Wildman–Crippen MR) is 73.5 cm³/mol. The van der Waals surface area contributed by atoms with Crippen LogP contribution in [0.2, 0.25) is 5.02 Å². The molecule has 0 bridgehead atoms. The van der Waals surface area contributed by atoms with Crippen molar-refractivity contribution in [3.8, 4) is 0 Å². The highest BCUT2D eigenvalue weighted by Crippen LogP contribution is 2.31. The third-order valence-corrected chi connectivity index (χ3v) is 5.75. The molecule has 1 aliphatic rings. The normalized spacial score (nSPS) is 26.0. The van der Waals surface area contributed by atoms with Crippen molar-refractivity contribution < 1.29 is 4.21 Å². The molecule has 1 aliphatic carbocycles. The third kappa shape index (κ3) is 3.09. The molecular weight excluding hydrogens is 254 g/mol. The van der Waals surface area contributed by atoms with E-state index in [9.17, 15) is 4.21 Å². The van der Waals surface area contributed by atoms with Crippen LogP contribution in [0, 0.1) is 5.92 Å². The molecule has 1 saturated carbocycles. The molecule has 3 atom stereocenters. The first kappa shape index (κ1) is 13.1. The Morgan fingerprint density at radius 1 is 1.35 bits per heavy atom. The van der Waals surface area contributed by atoms with Gasteiger partial charge in [0, 0.05) is 21.1 Å². The number of nitrogens with two attached hydrogens (primary N) is 1. The Balaban J connectivity index is 2.04. The van der Waals surface area contributed by atoms with E-state index >= 15 is 0 Å². The number of halogens is 1. The molecule has 94 valence electrons. The Kier molecular flexibility index (Phi) is 4.60. The van der Waals surface area contributed by atoms with Crippen LogP contribution in [0.4, 0.5) is 0 Å². The molecule has 4 heteroatoms. The number of rotatable bonds is 4. The maximum Gasteiger partial charge on any atom is 0.0503 e. The number of hydrogen-bond acceptors (Lipinski definition) is 2. The highest BCUT2D eigenvalue weighted by atomic mass is 35.5. The standard InChI is InChI=1S/C13H18ClNOS/c14-12-6-2-1-4-11(12)9-17(16)13-7-3-5-10(13)8-15/h1-2,4,6,10,13H,3,5,7-9,15H2. The van der Waals surface area contributed by atoms with Gasteiger partial charge in [0.15, 0.2) is 0 Å². The van der Waals surface area contributed by atoms with Crippen LogP contribution in [0.3, 0.4) is 0 Å². The van der Waals surface area contributed by atoms with Crippen LogP contribution in [-0.2, 0) is 16.6 Å². The number of benzene rings is 1. The monoisotopic (exact) mass is 271 g/mol. The second-order valence-corrected chi connectivity index (χ2v) is 6.64. The first-order valence-electron chi connectivity index (χ1n) is 6.03. The van der Waals surface area contributed by atoms with Crippen LogP contribution in [0.1, 0.15) is 24.8 Å². The molecule has 0 aliphatic heterocycles. The smallest absolute Gasteiger partial charge is 0.0503 e. The van der Waals surface area contributed by atoms with Gasteiger partial charge in [0.1, 0.15) is 0 Å². The zero-order valence-electron chi connectivity index (χ0n) is 9.77. The molecule has 0 radical (unpaired) electrons. The molecule has 0 spiro atoms. The maximum absolute atomic E-state index is 12.3. The summed E-state index contributed by atoms with van der Waals surface area (Å²) >= 11 is 6.09. The Bertz CT molecular complexity index is 410. The van der Waals surface area contributed by atoms with Crippen LogP contribution < -0.4 is 5.73 Å². The van der Waals surface area contributed by atoms with E-state index in [0.29, 0.717) is 23.2 Å². The lowest BCUT2D eigenvalue weighted by Gasteiger charge is -2.17. The van der Waals surface area contributed by atoms with Gasteiger partial charge >= 0.3 is 0 Å². The van der Waals surface area contributed by atoms with Crippen LogP contribution in [0.25, 0.3) is 0 Å². The van der Waals surface area contributed by atoms with Crippen molar-refractivity contribution in [2.45, 2.75) is 30.3 Å². The van der Waals surface area contributed by atoms with Gasteiger partial charge in [-0.2, -0.15) is 0 Å². The fraction of sp³-hybridized carbons (Fsp3) is 0.538. The molecule has 17 heavy (non-hydrogen) atoms. The summed E-state index contributed by atoms with van der Waals surface area (Å²) in [5.74, 6) is 0.985. The Labute approximate surface area is 110 Å². The summed E-state index contributed by atoms with van der Waals surface area (Å²) in [6, 6.07) is 7.64. The molecule has 1 aromatic carbocycles. The molecule has 1 fully saturated rings. The highest BCUT2D eigenvalue weighted by molar-refractivity contribution is 7.84. The van der Waals surface area contributed by atoms with E-state index in [2.05, 4.69) is 0 Å². The second-order valence-electron chi connectivity index (χ2n) is 4.58. The minimum atomic E-state index is -0.851. The minimum Gasteiger partial charge on any atom is -0.330 e. The van der Waals surface area contributed by atoms with Gasteiger partial charge in [-0.3, -0.25) is 4.21 Å². The quantitative estimate of drug-likeness (QED) is 0.915. The first-order chi connectivity index (χ1) is 8.22. The van der Waals surface area contributed by atoms with E-state index in [4.69, 9.17) is 17.3 Å². The van der Waals surface area contributed by atoms with Gasteiger partial charge in [-0.1, -0.05) is 36.2 Å². The molecule has 2 rings (SSSR count). The van der Waals surface area contributed by atoms with Crippen molar-refractivity contribution in [3.05, 3.63) is 34.9 Å². The molecule has 0 aromatic heterocycles. The topological polar surface area (TPSA) is 43.1 Å². The lowest BCUT2D eigenvalue weighted by Crippen LogP contribution is -2.27. The third-order valence-electron chi connectivity index (χ3n) is 3.49. The van der Waals surface area contributed by atoms with Gasteiger partial charge < -0.3 is 5.73 Å². The van der Waals surface area contributed by atoms with Gasteiger partial charge in [0.25, 0.3) is 0 Å². The summed E-state index contributed by atoms with van der Waals surface area (Å²) in [6.45, 7) is 0.652. The predicted octanol–water partition coefficient (Wildman–Crippen LogP) is 2.72. The average Bonchev–Trinajstić information content (AvgIpc) is 2.80. The van der Waals surface area contributed by atoms with Gasteiger partial charge in [0.05, 0.1) is 5.75 Å². The molecular formula is C13H18ClNOS. The van der Waals surface area contributed by atoms with E-state index in [1.807, 2.05) is 24.3 Å². The number of hydrogen-bond donors (Lipinski definition) is 1. The van der Waals surface area contributed by atoms with Gasteiger partial charge in [-0.25, -0.2) is 0 Å². The minimum absolute atomic E-state index is 0.260. The van der Waals surface area contributed by atoms with Crippen LogP contribution in [-0.4, -0.2) is 16.0 Å². The lowest BCUT2D eigenvalue weighted by atomic mass is 10.1. The summed E-state index contributed by atoms with van der Waals surface area (Å²) in [6.07, 6.45) is 3.31. The summed E-state index contributed by atoms with van der Waals surface area (Å²) in [5, 5.41) is 0.972. The van der Waals surface area contributed by atoms with Crippen LogP contribution >= 0.6 is 11.6 Å². The largest absolute Gasteiger partial charge is 0.330 e. The van der Waals surface area contributed by atoms with E-state index in [1.165, 1.54) is 0 Å². The van der Waals surface area contributed by atoms with Crippen molar-refractivity contribution >= 4 is 22.4 Å². The molecule has 2 nitrogen and oxygen atoms in total. The van der Waals surface area contributed by atoms with Crippen molar-refractivity contribution in [1.82, 2.24) is 0 Å². The van der Waals surface area contributed by atoms with Crippen molar-refractivity contribution in [1.29, 1.82) is 0 Å². The van der Waals surface area contributed by atoms with E-state index in [0.717, 1.165) is 24.8 Å². The fourth-order valence-corrected chi connectivity index (χ4v) is 4.65. The van der Waals surface area contributed by atoms with Crippen LogP contribution in [0.15, 0.2) is 24.3 Å². The fourth-order valence-electron chi connectivity index (χ4n) is 2.49. The van der Waals surface area contributed by atoms with Crippen molar-refractivity contribution in [2.75, 3.05) is 6.54 Å². The molecule has 0 saturated heterocycles. The zero-order valence-corrected chi connectivity index (χ0v) is 11.3. The average molecular weight is 272 g/mol. The Morgan fingerprint density at radius 3 is 2.82 bits per heavy atom. The van der Waals surface area contributed by atoms with Crippen molar-refractivity contribution in [3.63, 3.8) is 0 Å². The van der Waals surface area contributed by atoms with Crippen molar-refractivity contribution in [2.24, 2.45) is 11.7 Å². The molecule has 3 unspecified atom stereocenters. The van der Waals surface area contributed by atoms with Gasteiger partial charge in [0.2, 0.25) is 0 Å². The first-order valence-corrected chi connectivity index (χ1v) is 7.79. The molecule has 1 aromatic rings. The van der Waals surface area contributed by atoms with Gasteiger partial charge in [-0.15, -0.1) is 0 Å². The van der Waals surface area contributed by atoms with E-state index in [-0.39, 0.29) is 5.25 Å². The second kappa shape index (κ2) is 5.98. The molecule has 2 N–H and O–H groups in total. The Hall–Kier alpha value is -0.380. The Morgan fingerprint density at radius 2 is 2.12 bits per heavy atom. The van der Waals surface area contributed by atoms with E-state index in [1.54, 1.807) is 0 Å². The lowest BCUT2D eigenvalue weighted by molar-refractivity contribution is 0.557. The summed E-state index contributed by atoms with van der Waals surface area (Å²) in [7, 11) is -0.851. The zero-order chi connectivity index (χ0) is 12.3. The molecule has 0 heterocycles. The summed E-state index contributed by atoms with van der Waals surface area (Å²) in [5.41, 5.74) is 6.71. The SMILES string of the molecule is NCC1CCCC1S(=O)Cc1ccccc1Cl. The summed E-state index contributed by atoms with van der Waals surface area (Å²) in [4.78, 5) is 0.